The summed E-state index contributed by atoms with van der Waals surface area (Å²) in [5.41, 5.74) is 5.61. The van der Waals surface area contributed by atoms with E-state index in [1.54, 1.807) is 0 Å². The Labute approximate surface area is 101 Å². The molecule has 6 heteroatoms. The second kappa shape index (κ2) is 5.18. The van der Waals surface area contributed by atoms with E-state index in [4.69, 9.17) is 5.73 Å². The van der Waals surface area contributed by atoms with Crippen LogP contribution in [0.5, 0.6) is 0 Å². The highest BCUT2D eigenvalue weighted by molar-refractivity contribution is 5.60. The van der Waals surface area contributed by atoms with Crippen molar-refractivity contribution in [2.75, 3.05) is 30.8 Å². The van der Waals surface area contributed by atoms with Gasteiger partial charge in [-0.25, -0.2) is 4.98 Å². The second-order valence-corrected chi connectivity index (χ2v) is 5.07. The van der Waals surface area contributed by atoms with Crippen molar-refractivity contribution in [1.82, 2.24) is 15.3 Å². The maximum Gasteiger partial charge on any atom is 0.276 e. The molecule has 4 N–H and O–H groups in total. The van der Waals surface area contributed by atoms with Crippen molar-refractivity contribution >= 4 is 11.5 Å². The normalized spacial score (nSPS) is 11.5. The molecule has 0 aliphatic rings. The summed E-state index contributed by atoms with van der Waals surface area (Å²) in [4.78, 5) is 19.7. The molecule has 0 aromatic carbocycles. The van der Waals surface area contributed by atoms with E-state index in [0.29, 0.717) is 5.82 Å². The SMILES string of the molecule is CN(CCNC(C)(C)C)c1nc[nH]c(=O)c1N. The largest absolute Gasteiger partial charge is 0.391 e. The van der Waals surface area contributed by atoms with E-state index < -0.39 is 0 Å². The molecule has 1 aromatic heterocycles. The van der Waals surface area contributed by atoms with Crippen molar-refractivity contribution in [1.29, 1.82) is 0 Å². The Balaban J connectivity index is 2.62. The van der Waals surface area contributed by atoms with Gasteiger partial charge in [0, 0.05) is 25.7 Å². The van der Waals surface area contributed by atoms with Crippen LogP contribution in [0.4, 0.5) is 11.5 Å². The van der Waals surface area contributed by atoms with Gasteiger partial charge in [0.2, 0.25) is 0 Å². The Kier molecular flexibility index (Phi) is 4.11. The number of likely N-dealkylation sites (N-methyl/N-ethyl adjacent to an activating group) is 1. The molecule has 1 heterocycles. The summed E-state index contributed by atoms with van der Waals surface area (Å²) in [6.07, 6.45) is 1.36. The van der Waals surface area contributed by atoms with Gasteiger partial charge in [0.15, 0.2) is 5.82 Å². The number of nitrogen functional groups attached to an aromatic ring is 1. The quantitative estimate of drug-likeness (QED) is 0.697. The van der Waals surface area contributed by atoms with Gasteiger partial charge in [0.25, 0.3) is 5.56 Å². The summed E-state index contributed by atoms with van der Waals surface area (Å²) in [7, 11) is 1.86. The monoisotopic (exact) mass is 239 g/mol. The van der Waals surface area contributed by atoms with Gasteiger partial charge in [-0.15, -0.1) is 0 Å². The van der Waals surface area contributed by atoms with Crippen LogP contribution in [0.25, 0.3) is 0 Å². The van der Waals surface area contributed by atoms with E-state index in [2.05, 4.69) is 36.1 Å². The van der Waals surface area contributed by atoms with Gasteiger partial charge in [-0.2, -0.15) is 0 Å². The van der Waals surface area contributed by atoms with Gasteiger partial charge < -0.3 is 20.9 Å². The van der Waals surface area contributed by atoms with E-state index in [9.17, 15) is 4.79 Å². The molecule has 0 spiro atoms. The van der Waals surface area contributed by atoms with Crippen LogP contribution in [0.1, 0.15) is 20.8 Å². The summed E-state index contributed by atoms with van der Waals surface area (Å²) in [5.74, 6) is 0.518. The van der Waals surface area contributed by atoms with E-state index in [1.165, 1.54) is 6.33 Å². The van der Waals surface area contributed by atoms with Crippen molar-refractivity contribution in [2.45, 2.75) is 26.3 Å². The van der Waals surface area contributed by atoms with Crippen LogP contribution in [-0.4, -0.2) is 35.6 Å². The molecule has 17 heavy (non-hydrogen) atoms. The zero-order valence-corrected chi connectivity index (χ0v) is 10.9. The lowest BCUT2D eigenvalue weighted by atomic mass is 10.1. The van der Waals surface area contributed by atoms with Gasteiger partial charge in [0.05, 0.1) is 6.33 Å². The number of nitrogens with zero attached hydrogens (tertiary/aromatic N) is 2. The third-order valence-electron chi connectivity index (χ3n) is 2.33. The minimum absolute atomic E-state index is 0.0774. The first-order chi connectivity index (χ1) is 7.81. The summed E-state index contributed by atoms with van der Waals surface area (Å²) in [5, 5.41) is 3.36. The molecule has 0 radical (unpaired) electrons. The Morgan fingerprint density at radius 1 is 1.53 bits per heavy atom. The van der Waals surface area contributed by atoms with E-state index >= 15 is 0 Å². The topological polar surface area (TPSA) is 87.0 Å². The number of aromatic amines is 1. The molecule has 0 aliphatic heterocycles. The fourth-order valence-corrected chi connectivity index (χ4v) is 1.41. The summed E-state index contributed by atoms with van der Waals surface area (Å²) in [6.45, 7) is 7.85. The molecule has 0 aliphatic carbocycles. The number of nitrogens with one attached hydrogen (secondary N) is 2. The number of rotatable bonds is 4. The Bertz CT molecular complexity index is 421. The molecule has 0 saturated heterocycles. The molecule has 6 nitrogen and oxygen atoms in total. The van der Waals surface area contributed by atoms with E-state index in [0.717, 1.165) is 13.1 Å². The van der Waals surface area contributed by atoms with Gasteiger partial charge in [0.1, 0.15) is 5.69 Å². The van der Waals surface area contributed by atoms with Crippen LogP contribution in [0.15, 0.2) is 11.1 Å². The summed E-state index contributed by atoms with van der Waals surface area (Å²) in [6, 6.07) is 0. The van der Waals surface area contributed by atoms with Crippen LogP contribution in [0, 0.1) is 0 Å². The molecule has 0 fully saturated rings. The Morgan fingerprint density at radius 3 is 2.76 bits per heavy atom. The molecule has 0 amide bonds. The van der Waals surface area contributed by atoms with Gasteiger partial charge >= 0.3 is 0 Å². The van der Waals surface area contributed by atoms with Crippen molar-refractivity contribution in [3.05, 3.63) is 16.7 Å². The van der Waals surface area contributed by atoms with Crippen LogP contribution < -0.4 is 21.5 Å². The molecule has 0 saturated carbocycles. The lowest BCUT2D eigenvalue weighted by Gasteiger charge is -2.24. The molecule has 1 aromatic rings. The van der Waals surface area contributed by atoms with Crippen LogP contribution in [0.3, 0.4) is 0 Å². The van der Waals surface area contributed by atoms with E-state index in [-0.39, 0.29) is 16.8 Å². The minimum Gasteiger partial charge on any atom is -0.391 e. The molecule has 96 valence electrons. The third-order valence-corrected chi connectivity index (χ3v) is 2.33. The molecular weight excluding hydrogens is 218 g/mol. The predicted molar refractivity (Wildman–Crippen MR) is 70.3 cm³/mol. The standard InChI is InChI=1S/C11H21N5O/c1-11(2,3)15-5-6-16(4)9-8(12)10(17)14-7-13-9/h7,15H,5-6,12H2,1-4H3,(H,13,14,17). The van der Waals surface area contributed by atoms with E-state index in [1.807, 2.05) is 11.9 Å². The average molecular weight is 239 g/mol. The van der Waals surface area contributed by atoms with Gasteiger partial charge in [-0.1, -0.05) is 0 Å². The summed E-state index contributed by atoms with van der Waals surface area (Å²) >= 11 is 0. The number of aromatic nitrogens is 2. The van der Waals surface area contributed by atoms with Crippen molar-refractivity contribution in [3.63, 3.8) is 0 Å². The smallest absolute Gasteiger partial charge is 0.276 e. The first kappa shape index (κ1) is 13.5. The lowest BCUT2D eigenvalue weighted by Crippen LogP contribution is -2.41. The number of anilines is 2. The number of hydrogen-bond donors (Lipinski definition) is 3. The number of nitrogens with two attached hydrogens (primary N) is 1. The van der Waals surface area contributed by atoms with Crippen molar-refractivity contribution < 1.29 is 0 Å². The van der Waals surface area contributed by atoms with Gasteiger partial charge in [-0.3, -0.25) is 4.79 Å². The van der Waals surface area contributed by atoms with Gasteiger partial charge in [-0.05, 0) is 20.8 Å². The van der Waals surface area contributed by atoms with Crippen LogP contribution in [0.2, 0.25) is 0 Å². The highest BCUT2D eigenvalue weighted by Crippen LogP contribution is 2.12. The lowest BCUT2D eigenvalue weighted by molar-refractivity contribution is 0.430. The highest BCUT2D eigenvalue weighted by atomic mass is 16.1. The fourth-order valence-electron chi connectivity index (χ4n) is 1.41. The average Bonchev–Trinajstić information content (AvgIpc) is 2.20. The first-order valence-electron chi connectivity index (χ1n) is 5.60. The van der Waals surface area contributed by atoms with Crippen LogP contribution in [-0.2, 0) is 0 Å². The zero-order chi connectivity index (χ0) is 13.1. The molecular formula is C11H21N5O. The van der Waals surface area contributed by atoms with Crippen LogP contribution >= 0.6 is 0 Å². The first-order valence-corrected chi connectivity index (χ1v) is 5.60. The maximum atomic E-state index is 11.3. The third kappa shape index (κ3) is 4.07. The highest BCUT2D eigenvalue weighted by Gasteiger charge is 2.11. The maximum absolute atomic E-state index is 11.3. The van der Waals surface area contributed by atoms with Crippen molar-refractivity contribution in [2.24, 2.45) is 0 Å². The Hall–Kier alpha value is -1.56. The minimum atomic E-state index is -0.300. The molecule has 1 rings (SSSR count). The molecule has 0 atom stereocenters. The number of H-pyrrole nitrogens is 1. The second-order valence-electron chi connectivity index (χ2n) is 5.07. The fraction of sp³-hybridized carbons (Fsp3) is 0.636. The number of hydrogen-bond acceptors (Lipinski definition) is 5. The predicted octanol–water partition coefficient (Wildman–Crippen LogP) is 0.176. The van der Waals surface area contributed by atoms with Crippen molar-refractivity contribution in [3.8, 4) is 0 Å². The summed E-state index contributed by atoms with van der Waals surface area (Å²) < 4.78 is 0. The zero-order valence-electron chi connectivity index (χ0n) is 10.9. The molecule has 0 unspecified atom stereocenters. The molecule has 0 bridgehead atoms. The Morgan fingerprint density at radius 2 is 2.18 bits per heavy atom.